The van der Waals surface area contributed by atoms with Gasteiger partial charge in [0.2, 0.25) is 0 Å². The van der Waals surface area contributed by atoms with Crippen LogP contribution in [0.1, 0.15) is 17.4 Å². The number of esters is 1. The number of benzene rings is 1. The fraction of sp³-hybridized carbons (Fsp3) is 0.294. The highest BCUT2D eigenvalue weighted by Crippen LogP contribution is 2.09. The quantitative estimate of drug-likeness (QED) is 0.791. The van der Waals surface area contributed by atoms with Crippen LogP contribution in [0.2, 0.25) is 0 Å². The normalized spacial score (nSPS) is 11.5. The van der Waals surface area contributed by atoms with E-state index in [9.17, 15) is 9.59 Å². The van der Waals surface area contributed by atoms with Crippen molar-refractivity contribution in [3.8, 4) is 0 Å². The van der Waals surface area contributed by atoms with Gasteiger partial charge in [-0.05, 0) is 23.9 Å². The van der Waals surface area contributed by atoms with Crippen LogP contribution in [-0.2, 0) is 27.3 Å². The molecule has 0 aliphatic heterocycles. The summed E-state index contributed by atoms with van der Waals surface area (Å²) < 4.78 is 10.2. The van der Waals surface area contributed by atoms with Crippen LogP contribution in [0.3, 0.4) is 0 Å². The molecule has 1 aromatic carbocycles. The molecule has 1 aromatic heterocycles. The summed E-state index contributed by atoms with van der Waals surface area (Å²) in [6.07, 6.45) is -0.279. The molecule has 0 radical (unpaired) electrons. The second kappa shape index (κ2) is 8.95. The van der Waals surface area contributed by atoms with Gasteiger partial charge in [0, 0.05) is 4.88 Å². The summed E-state index contributed by atoms with van der Waals surface area (Å²) in [5.74, 6) is -0.307. The molecule has 23 heavy (non-hydrogen) atoms. The first-order chi connectivity index (χ1) is 11.1. The Labute approximate surface area is 139 Å². The van der Waals surface area contributed by atoms with Crippen molar-refractivity contribution in [2.75, 3.05) is 6.61 Å². The highest BCUT2D eigenvalue weighted by Gasteiger charge is 2.12. The SMILES string of the molecule is C[C@@H](COC(=O)Cc1cccs1)NC(=O)OCc1ccccc1. The third kappa shape index (κ3) is 6.52. The fourth-order valence-electron chi connectivity index (χ4n) is 1.83. The van der Waals surface area contributed by atoms with Gasteiger partial charge in [-0.3, -0.25) is 4.79 Å². The molecule has 0 aliphatic carbocycles. The Kier molecular flexibility index (Phi) is 6.62. The van der Waals surface area contributed by atoms with Crippen LogP contribution in [-0.4, -0.2) is 24.7 Å². The highest BCUT2D eigenvalue weighted by molar-refractivity contribution is 7.10. The average molecular weight is 333 g/mol. The number of rotatable bonds is 7. The minimum Gasteiger partial charge on any atom is -0.463 e. The number of carbonyl (C=O) groups is 2. The third-order valence-corrected chi connectivity index (χ3v) is 3.85. The smallest absolute Gasteiger partial charge is 0.407 e. The molecule has 0 unspecified atom stereocenters. The van der Waals surface area contributed by atoms with Gasteiger partial charge in [-0.15, -0.1) is 11.3 Å². The molecule has 5 nitrogen and oxygen atoms in total. The van der Waals surface area contributed by atoms with E-state index in [1.807, 2.05) is 47.8 Å². The van der Waals surface area contributed by atoms with Crippen LogP contribution in [0.15, 0.2) is 47.8 Å². The summed E-state index contributed by atoms with van der Waals surface area (Å²) in [6, 6.07) is 12.9. The Balaban J connectivity index is 1.62. The standard InChI is InChI=1S/C17H19NO4S/c1-13(11-21-16(19)10-15-8-5-9-23-15)18-17(20)22-12-14-6-3-2-4-7-14/h2-9,13H,10-12H2,1H3,(H,18,20)/t13-/m0/s1. The zero-order valence-corrected chi connectivity index (χ0v) is 13.7. The second-order valence-electron chi connectivity index (χ2n) is 5.05. The van der Waals surface area contributed by atoms with Crippen molar-refractivity contribution >= 4 is 23.4 Å². The summed E-state index contributed by atoms with van der Waals surface area (Å²) in [4.78, 5) is 24.3. The van der Waals surface area contributed by atoms with E-state index in [1.54, 1.807) is 6.92 Å². The van der Waals surface area contributed by atoms with Crippen molar-refractivity contribution in [3.63, 3.8) is 0 Å². The number of amides is 1. The van der Waals surface area contributed by atoms with Gasteiger partial charge in [0.15, 0.2) is 0 Å². The molecule has 1 amide bonds. The summed E-state index contributed by atoms with van der Waals surface area (Å²) in [7, 11) is 0. The van der Waals surface area contributed by atoms with Crippen molar-refractivity contribution in [1.82, 2.24) is 5.32 Å². The van der Waals surface area contributed by atoms with Gasteiger partial charge >= 0.3 is 12.1 Å². The Morgan fingerprint density at radius 2 is 1.91 bits per heavy atom. The monoisotopic (exact) mass is 333 g/mol. The van der Waals surface area contributed by atoms with Crippen molar-refractivity contribution in [1.29, 1.82) is 0 Å². The second-order valence-corrected chi connectivity index (χ2v) is 6.08. The van der Waals surface area contributed by atoms with Crippen LogP contribution in [0.5, 0.6) is 0 Å². The minimum atomic E-state index is -0.532. The van der Waals surface area contributed by atoms with E-state index in [4.69, 9.17) is 9.47 Å². The van der Waals surface area contributed by atoms with E-state index in [0.717, 1.165) is 10.4 Å². The number of nitrogens with one attached hydrogen (secondary N) is 1. The summed E-state index contributed by atoms with van der Waals surface area (Å²) in [5, 5.41) is 4.54. The van der Waals surface area contributed by atoms with Gasteiger partial charge in [0.05, 0.1) is 12.5 Å². The lowest BCUT2D eigenvalue weighted by Gasteiger charge is -2.14. The summed E-state index contributed by atoms with van der Waals surface area (Å²) in [6.45, 7) is 2.07. The lowest BCUT2D eigenvalue weighted by molar-refractivity contribution is -0.143. The van der Waals surface area contributed by atoms with Crippen LogP contribution in [0.4, 0.5) is 4.79 Å². The molecule has 0 saturated carbocycles. The molecule has 2 rings (SSSR count). The van der Waals surface area contributed by atoms with E-state index in [2.05, 4.69) is 5.32 Å². The molecule has 0 bridgehead atoms. The zero-order chi connectivity index (χ0) is 16.5. The van der Waals surface area contributed by atoms with E-state index in [-0.39, 0.29) is 31.6 Å². The summed E-state index contributed by atoms with van der Waals surface area (Å²) in [5.41, 5.74) is 0.915. The molecule has 6 heteroatoms. The third-order valence-electron chi connectivity index (χ3n) is 2.97. The number of alkyl carbamates (subject to hydrolysis) is 1. The molecule has 122 valence electrons. The number of hydrogen-bond donors (Lipinski definition) is 1. The van der Waals surface area contributed by atoms with Gasteiger partial charge in [-0.1, -0.05) is 36.4 Å². The molecular formula is C17H19NO4S. The number of hydrogen-bond acceptors (Lipinski definition) is 5. The first-order valence-corrected chi connectivity index (χ1v) is 8.16. The minimum absolute atomic E-state index is 0.116. The van der Waals surface area contributed by atoms with Gasteiger partial charge < -0.3 is 14.8 Å². The van der Waals surface area contributed by atoms with E-state index in [0.29, 0.717) is 0 Å². The molecule has 0 fully saturated rings. The maximum Gasteiger partial charge on any atom is 0.407 e. The van der Waals surface area contributed by atoms with Crippen LogP contribution in [0.25, 0.3) is 0 Å². The molecule has 1 atom stereocenters. The van der Waals surface area contributed by atoms with E-state index >= 15 is 0 Å². The molecule has 0 aliphatic rings. The Morgan fingerprint density at radius 1 is 1.13 bits per heavy atom. The fourth-order valence-corrected chi connectivity index (χ4v) is 2.52. The van der Waals surface area contributed by atoms with Crippen molar-refractivity contribution in [2.45, 2.75) is 26.0 Å². The van der Waals surface area contributed by atoms with Gasteiger partial charge in [-0.25, -0.2) is 4.79 Å². The van der Waals surface area contributed by atoms with Crippen molar-refractivity contribution < 1.29 is 19.1 Å². The maximum atomic E-state index is 11.7. The van der Waals surface area contributed by atoms with Crippen LogP contribution >= 0.6 is 11.3 Å². The zero-order valence-electron chi connectivity index (χ0n) is 12.9. The molecule has 0 saturated heterocycles. The Hall–Kier alpha value is -2.34. The van der Waals surface area contributed by atoms with Crippen LogP contribution < -0.4 is 5.32 Å². The lowest BCUT2D eigenvalue weighted by atomic mass is 10.2. The molecule has 2 aromatic rings. The van der Waals surface area contributed by atoms with Crippen molar-refractivity contribution in [2.24, 2.45) is 0 Å². The number of carbonyl (C=O) groups excluding carboxylic acids is 2. The van der Waals surface area contributed by atoms with Crippen molar-refractivity contribution in [3.05, 3.63) is 58.3 Å². The first kappa shape index (κ1) is 17.0. The Morgan fingerprint density at radius 3 is 2.61 bits per heavy atom. The number of thiophene rings is 1. The largest absolute Gasteiger partial charge is 0.463 e. The predicted octanol–water partition coefficient (Wildman–Crippen LogP) is 3.15. The molecule has 0 spiro atoms. The topological polar surface area (TPSA) is 64.6 Å². The maximum absolute atomic E-state index is 11.7. The summed E-state index contributed by atoms with van der Waals surface area (Å²) >= 11 is 1.51. The number of ether oxygens (including phenoxy) is 2. The van der Waals surface area contributed by atoms with E-state index < -0.39 is 6.09 Å². The lowest BCUT2D eigenvalue weighted by Crippen LogP contribution is -2.36. The Bertz CT molecular complexity index is 613. The predicted molar refractivity (Wildman–Crippen MR) is 88.2 cm³/mol. The average Bonchev–Trinajstić information content (AvgIpc) is 3.05. The molecule has 1 heterocycles. The highest BCUT2D eigenvalue weighted by atomic mass is 32.1. The van der Waals surface area contributed by atoms with Crippen LogP contribution in [0, 0.1) is 0 Å². The molecule has 1 N–H and O–H groups in total. The van der Waals surface area contributed by atoms with Gasteiger partial charge in [0.1, 0.15) is 13.2 Å². The molecular weight excluding hydrogens is 314 g/mol. The van der Waals surface area contributed by atoms with Gasteiger partial charge in [-0.2, -0.15) is 0 Å². The first-order valence-electron chi connectivity index (χ1n) is 7.28. The van der Waals surface area contributed by atoms with Gasteiger partial charge in [0.25, 0.3) is 0 Å². The van der Waals surface area contributed by atoms with E-state index in [1.165, 1.54) is 11.3 Å².